The highest BCUT2D eigenvalue weighted by Crippen LogP contribution is 2.25. The minimum atomic E-state index is -0.0100. The van der Waals surface area contributed by atoms with Crippen LogP contribution < -0.4 is 16.0 Å². The Kier molecular flexibility index (Phi) is 11.7. The van der Waals surface area contributed by atoms with Crippen LogP contribution in [0, 0.1) is 0 Å². The zero-order valence-electron chi connectivity index (χ0n) is 18.5. The molecule has 2 aromatic carbocycles. The van der Waals surface area contributed by atoms with Crippen molar-refractivity contribution in [2.24, 2.45) is 4.99 Å². The fourth-order valence-corrected chi connectivity index (χ4v) is 4.54. The van der Waals surface area contributed by atoms with E-state index < -0.39 is 0 Å². The molecular formula is C24H35IN4OS. The molecule has 3 N–H and O–H groups in total. The van der Waals surface area contributed by atoms with E-state index in [1.807, 2.05) is 24.9 Å². The summed E-state index contributed by atoms with van der Waals surface area (Å²) in [6, 6.07) is 21.4. The van der Waals surface area contributed by atoms with Gasteiger partial charge in [0.1, 0.15) is 0 Å². The molecule has 1 atom stereocenters. The van der Waals surface area contributed by atoms with Crippen molar-refractivity contribution in [1.82, 2.24) is 16.0 Å². The predicted molar refractivity (Wildman–Crippen MR) is 143 cm³/mol. The molecule has 1 heterocycles. The highest BCUT2D eigenvalue weighted by Gasteiger charge is 2.34. The summed E-state index contributed by atoms with van der Waals surface area (Å²) >= 11 is 1.85. The molecule has 2 aromatic rings. The first-order chi connectivity index (χ1) is 14.7. The van der Waals surface area contributed by atoms with Crippen LogP contribution >= 0.6 is 35.7 Å². The first-order valence-electron chi connectivity index (χ1n) is 10.7. The molecule has 1 aliphatic rings. The van der Waals surface area contributed by atoms with Crippen molar-refractivity contribution in [2.45, 2.75) is 36.2 Å². The number of benzene rings is 2. The summed E-state index contributed by atoms with van der Waals surface area (Å²) in [6.45, 7) is 5.49. The lowest BCUT2D eigenvalue weighted by atomic mass is 9.88. The Morgan fingerprint density at radius 2 is 1.68 bits per heavy atom. The molecule has 0 radical (unpaired) electrons. The van der Waals surface area contributed by atoms with E-state index in [1.165, 1.54) is 10.5 Å². The Hall–Kier alpha value is -1.29. The number of thioether (sulfide) groups is 1. The van der Waals surface area contributed by atoms with Gasteiger partial charge in [-0.15, -0.1) is 35.7 Å². The summed E-state index contributed by atoms with van der Waals surface area (Å²) in [5.41, 5.74) is 1.30. The van der Waals surface area contributed by atoms with Gasteiger partial charge >= 0.3 is 0 Å². The number of guanidine groups is 1. The second-order valence-electron chi connectivity index (χ2n) is 7.68. The van der Waals surface area contributed by atoms with Crippen molar-refractivity contribution >= 4 is 41.7 Å². The van der Waals surface area contributed by atoms with Crippen molar-refractivity contribution in [3.05, 3.63) is 66.2 Å². The van der Waals surface area contributed by atoms with Crippen LogP contribution in [0.3, 0.4) is 0 Å². The Morgan fingerprint density at radius 3 is 2.32 bits per heavy atom. The van der Waals surface area contributed by atoms with Crippen molar-refractivity contribution in [2.75, 3.05) is 39.1 Å². The van der Waals surface area contributed by atoms with Crippen LogP contribution in [0.15, 0.2) is 70.6 Å². The molecule has 7 heteroatoms. The van der Waals surface area contributed by atoms with Crippen molar-refractivity contribution in [3.8, 4) is 0 Å². The maximum Gasteiger partial charge on any atom is 0.191 e. The monoisotopic (exact) mass is 554 g/mol. The van der Waals surface area contributed by atoms with Crippen LogP contribution in [0.1, 0.15) is 31.4 Å². The Balaban J connectivity index is 0.00000341. The number of ether oxygens (including phenoxy) is 1. The number of nitrogens with one attached hydrogen (secondary N) is 3. The van der Waals surface area contributed by atoms with Gasteiger partial charge in [-0.3, -0.25) is 4.99 Å². The third-order valence-electron chi connectivity index (χ3n) is 5.50. The lowest BCUT2D eigenvalue weighted by Crippen LogP contribution is -2.58. The largest absolute Gasteiger partial charge is 0.381 e. The summed E-state index contributed by atoms with van der Waals surface area (Å²) in [5, 5.41) is 10.9. The van der Waals surface area contributed by atoms with Gasteiger partial charge in [0.25, 0.3) is 0 Å². The number of aliphatic imine (C=N–C) groups is 1. The zero-order valence-corrected chi connectivity index (χ0v) is 21.6. The van der Waals surface area contributed by atoms with Gasteiger partial charge in [-0.2, -0.15) is 0 Å². The molecule has 31 heavy (non-hydrogen) atoms. The van der Waals surface area contributed by atoms with Gasteiger partial charge in [-0.1, -0.05) is 48.5 Å². The maximum absolute atomic E-state index is 5.65. The Bertz CT molecular complexity index is 770. The SMILES string of the molecule is CN=C(NCCSc1ccccc1)NCC1(NC(C)c2ccccc2)CCOCC1.I. The van der Waals surface area contributed by atoms with Gasteiger partial charge < -0.3 is 20.7 Å². The first kappa shape index (κ1) is 26.0. The van der Waals surface area contributed by atoms with Crippen molar-refractivity contribution < 1.29 is 4.74 Å². The molecule has 0 saturated carbocycles. The topological polar surface area (TPSA) is 57.7 Å². The predicted octanol–water partition coefficient (Wildman–Crippen LogP) is 4.46. The van der Waals surface area contributed by atoms with Gasteiger partial charge in [0.15, 0.2) is 5.96 Å². The van der Waals surface area contributed by atoms with Gasteiger partial charge in [-0.25, -0.2) is 0 Å². The lowest BCUT2D eigenvalue weighted by Gasteiger charge is -2.41. The van der Waals surface area contributed by atoms with Crippen molar-refractivity contribution in [1.29, 1.82) is 0 Å². The van der Waals surface area contributed by atoms with E-state index >= 15 is 0 Å². The lowest BCUT2D eigenvalue weighted by molar-refractivity contribution is 0.0355. The van der Waals surface area contributed by atoms with Gasteiger partial charge in [0.2, 0.25) is 0 Å². The molecule has 170 valence electrons. The Morgan fingerprint density at radius 1 is 1.03 bits per heavy atom. The molecule has 3 rings (SSSR count). The maximum atomic E-state index is 5.65. The van der Waals surface area contributed by atoms with E-state index in [-0.39, 0.29) is 35.6 Å². The van der Waals surface area contributed by atoms with Crippen LogP contribution in [-0.4, -0.2) is 50.6 Å². The van der Waals surface area contributed by atoms with Crippen LogP contribution in [-0.2, 0) is 4.74 Å². The summed E-state index contributed by atoms with van der Waals surface area (Å²) < 4.78 is 5.65. The third kappa shape index (κ3) is 8.63. The Labute approximate surface area is 208 Å². The van der Waals surface area contributed by atoms with Gasteiger partial charge in [0.05, 0.1) is 0 Å². The number of nitrogens with zero attached hydrogens (tertiary/aromatic N) is 1. The van der Waals surface area contributed by atoms with Crippen LogP contribution in [0.25, 0.3) is 0 Å². The van der Waals surface area contributed by atoms with E-state index in [4.69, 9.17) is 4.74 Å². The number of hydrogen-bond donors (Lipinski definition) is 3. The quantitative estimate of drug-likeness (QED) is 0.141. The molecule has 0 bridgehead atoms. The minimum Gasteiger partial charge on any atom is -0.381 e. The summed E-state index contributed by atoms with van der Waals surface area (Å²) in [6.07, 6.45) is 1.97. The summed E-state index contributed by atoms with van der Waals surface area (Å²) in [7, 11) is 1.83. The van der Waals surface area contributed by atoms with E-state index in [0.29, 0.717) is 0 Å². The van der Waals surface area contributed by atoms with Crippen LogP contribution in [0.5, 0.6) is 0 Å². The molecule has 0 amide bonds. The molecular weight excluding hydrogens is 519 g/mol. The van der Waals surface area contributed by atoms with E-state index in [2.05, 4.69) is 82.5 Å². The van der Waals surface area contributed by atoms with E-state index in [0.717, 1.165) is 50.9 Å². The van der Waals surface area contributed by atoms with Crippen LogP contribution in [0.4, 0.5) is 0 Å². The molecule has 1 unspecified atom stereocenters. The summed E-state index contributed by atoms with van der Waals surface area (Å²) in [4.78, 5) is 5.71. The van der Waals surface area contributed by atoms with Crippen LogP contribution in [0.2, 0.25) is 0 Å². The van der Waals surface area contributed by atoms with E-state index in [1.54, 1.807) is 0 Å². The second-order valence-corrected chi connectivity index (χ2v) is 8.85. The fourth-order valence-electron chi connectivity index (χ4n) is 3.75. The van der Waals surface area contributed by atoms with Gasteiger partial charge in [0, 0.05) is 55.6 Å². The smallest absolute Gasteiger partial charge is 0.191 e. The standard InChI is InChI=1S/C24H34N4OS.HI/c1-20(21-9-5-3-6-10-21)28-24(13-16-29-17-14-24)19-27-23(25-2)26-15-18-30-22-11-7-4-8-12-22;/h3-12,20,28H,13-19H2,1-2H3,(H2,25,26,27);1H. The molecule has 1 fully saturated rings. The molecule has 1 aliphatic heterocycles. The summed E-state index contributed by atoms with van der Waals surface area (Å²) in [5.74, 6) is 1.84. The molecule has 0 aromatic heterocycles. The fraction of sp³-hybridized carbons (Fsp3) is 0.458. The highest BCUT2D eigenvalue weighted by atomic mass is 127. The molecule has 5 nitrogen and oxygen atoms in total. The second kappa shape index (κ2) is 14.0. The van der Waals surface area contributed by atoms with Gasteiger partial charge in [-0.05, 0) is 37.5 Å². The average Bonchev–Trinajstić information content (AvgIpc) is 2.80. The molecule has 1 saturated heterocycles. The first-order valence-corrected chi connectivity index (χ1v) is 11.7. The van der Waals surface area contributed by atoms with Crippen molar-refractivity contribution in [3.63, 3.8) is 0 Å². The highest BCUT2D eigenvalue weighted by molar-refractivity contribution is 14.0. The molecule has 0 aliphatic carbocycles. The normalized spacial score (nSPS) is 16.8. The minimum absolute atomic E-state index is 0. The number of hydrogen-bond acceptors (Lipinski definition) is 4. The number of halogens is 1. The zero-order chi connectivity index (χ0) is 21.1. The number of rotatable bonds is 9. The average molecular weight is 555 g/mol. The third-order valence-corrected chi connectivity index (χ3v) is 6.51. The molecule has 0 spiro atoms. The van der Waals surface area contributed by atoms with E-state index in [9.17, 15) is 0 Å².